The van der Waals surface area contributed by atoms with Gasteiger partial charge in [-0.3, -0.25) is 4.79 Å². The van der Waals surface area contributed by atoms with Crippen LogP contribution in [0.5, 0.6) is 0 Å². The van der Waals surface area contributed by atoms with Crippen LogP contribution in [-0.2, 0) is 0 Å². The molecule has 0 spiro atoms. The SMILES string of the molecule is CC(NC(=O)c1cc(F)cc(F)c1)C1CCNC1. The lowest BCUT2D eigenvalue weighted by Crippen LogP contribution is -2.39. The number of hydrogen-bond acceptors (Lipinski definition) is 2. The molecule has 1 heterocycles. The fourth-order valence-electron chi connectivity index (χ4n) is 2.20. The van der Waals surface area contributed by atoms with E-state index in [4.69, 9.17) is 0 Å². The first-order valence-corrected chi connectivity index (χ1v) is 6.04. The molecule has 3 nitrogen and oxygen atoms in total. The minimum absolute atomic E-state index is 0.0150. The van der Waals surface area contributed by atoms with E-state index in [1.54, 1.807) is 0 Å². The van der Waals surface area contributed by atoms with Gasteiger partial charge in [0.05, 0.1) is 0 Å². The fraction of sp³-hybridized carbons (Fsp3) is 0.462. The molecule has 1 fully saturated rings. The highest BCUT2D eigenvalue weighted by Crippen LogP contribution is 2.14. The number of carbonyl (C=O) groups excluding carboxylic acids is 1. The molecular weight excluding hydrogens is 238 g/mol. The third kappa shape index (κ3) is 3.04. The highest BCUT2D eigenvalue weighted by atomic mass is 19.1. The Balaban J connectivity index is 2.02. The Morgan fingerprint density at radius 1 is 1.39 bits per heavy atom. The number of nitrogens with one attached hydrogen (secondary N) is 2. The van der Waals surface area contributed by atoms with E-state index in [0.717, 1.165) is 37.7 Å². The average Bonchev–Trinajstić information content (AvgIpc) is 2.80. The van der Waals surface area contributed by atoms with Gasteiger partial charge in [-0.1, -0.05) is 0 Å². The second kappa shape index (κ2) is 5.44. The molecule has 0 aromatic heterocycles. The summed E-state index contributed by atoms with van der Waals surface area (Å²) in [6.07, 6.45) is 0.999. The van der Waals surface area contributed by atoms with Crippen LogP contribution in [0.3, 0.4) is 0 Å². The molecule has 2 N–H and O–H groups in total. The second-order valence-electron chi connectivity index (χ2n) is 4.67. The van der Waals surface area contributed by atoms with Crippen molar-refractivity contribution in [2.45, 2.75) is 19.4 Å². The summed E-state index contributed by atoms with van der Waals surface area (Å²) in [6.45, 7) is 3.71. The summed E-state index contributed by atoms with van der Waals surface area (Å²) in [7, 11) is 0. The number of hydrogen-bond donors (Lipinski definition) is 2. The molecule has 1 saturated heterocycles. The van der Waals surface area contributed by atoms with Gasteiger partial charge < -0.3 is 10.6 Å². The van der Waals surface area contributed by atoms with Gasteiger partial charge in [0.1, 0.15) is 11.6 Å². The molecule has 1 aromatic carbocycles. The first-order valence-electron chi connectivity index (χ1n) is 6.04. The zero-order chi connectivity index (χ0) is 13.1. The van der Waals surface area contributed by atoms with Crippen LogP contribution in [0, 0.1) is 17.6 Å². The maximum Gasteiger partial charge on any atom is 0.251 e. The number of amides is 1. The molecule has 2 atom stereocenters. The Kier molecular flexibility index (Phi) is 3.91. The van der Waals surface area contributed by atoms with E-state index in [0.29, 0.717) is 5.92 Å². The van der Waals surface area contributed by atoms with E-state index in [-0.39, 0.29) is 11.6 Å². The average molecular weight is 254 g/mol. The maximum atomic E-state index is 13.0. The van der Waals surface area contributed by atoms with Crippen molar-refractivity contribution in [1.82, 2.24) is 10.6 Å². The standard InChI is InChI=1S/C13H16F2N2O/c1-8(9-2-3-16-7-9)17-13(18)10-4-11(14)6-12(15)5-10/h4-6,8-9,16H,2-3,7H2,1H3,(H,17,18). The minimum Gasteiger partial charge on any atom is -0.349 e. The molecular formula is C13H16F2N2O. The normalized spacial score (nSPS) is 20.7. The van der Waals surface area contributed by atoms with Gasteiger partial charge in [0.15, 0.2) is 0 Å². The van der Waals surface area contributed by atoms with Crippen LogP contribution in [0.4, 0.5) is 8.78 Å². The molecule has 0 radical (unpaired) electrons. The number of rotatable bonds is 3. The third-order valence-electron chi connectivity index (χ3n) is 3.29. The summed E-state index contributed by atoms with van der Waals surface area (Å²) < 4.78 is 26.0. The lowest BCUT2D eigenvalue weighted by molar-refractivity contribution is 0.0928. The van der Waals surface area contributed by atoms with E-state index in [1.165, 1.54) is 0 Å². The van der Waals surface area contributed by atoms with Crippen molar-refractivity contribution in [1.29, 1.82) is 0 Å². The van der Waals surface area contributed by atoms with Gasteiger partial charge in [-0.2, -0.15) is 0 Å². The highest BCUT2D eigenvalue weighted by Gasteiger charge is 2.23. The van der Waals surface area contributed by atoms with Crippen LogP contribution in [0.1, 0.15) is 23.7 Å². The molecule has 18 heavy (non-hydrogen) atoms. The second-order valence-corrected chi connectivity index (χ2v) is 4.67. The molecule has 98 valence electrons. The van der Waals surface area contributed by atoms with E-state index in [1.807, 2.05) is 6.92 Å². The van der Waals surface area contributed by atoms with Crippen molar-refractivity contribution in [2.24, 2.45) is 5.92 Å². The minimum atomic E-state index is -0.740. The quantitative estimate of drug-likeness (QED) is 0.862. The van der Waals surface area contributed by atoms with Crippen molar-refractivity contribution >= 4 is 5.91 Å². The van der Waals surface area contributed by atoms with Crippen LogP contribution < -0.4 is 10.6 Å². The van der Waals surface area contributed by atoms with Crippen LogP contribution in [0.2, 0.25) is 0 Å². The van der Waals surface area contributed by atoms with E-state index < -0.39 is 17.5 Å². The Bertz CT molecular complexity index is 424. The van der Waals surface area contributed by atoms with Gasteiger partial charge in [-0.15, -0.1) is 0 Å². The molecule has 1 aliphatic rings. The fourth-order valence-corrected chi connectivity index (χ4v) is 2.20. The number of benzene rings is 1. The molecule has 2 unspecified atom stereocenters. The lowest BCUT2D eigenvalue weighted by atomic mass is 10.0. The summed E-state index contributed by atoms with van der Waals surface area (Å²) in [5.41, 5.74) is 0.0188. The van der Waals surface area contributed by atoms with Crippen molar-refractivity contribution < 1.29 is 13.6 Å². The Morgan fingerprint density at radius 2 is 2.06 bits per heavy atom. The predicted molar refractivity (Wildman–Crippen MR) is 64.3 cm³/mol. The van der Waals surface area contributed by atoms with E-state index in [2.05, 4.69) is 10.6 Å². The highest BCUT2D eigenvalue weighted by molar-refractivity contribution is 5.94. The predicted octanol–water partition coefficient (Wildman–Crippen LogP) is 1.69. The van der Waals surface area contributed by atoms with Gasteiger partial charge >= 0.3 is 0 Å². The zero-order valence-corrected chi connectivity index (χ0v) is 10.2. The van der Waals surface area contributed by atoms with Crippen molar-refractivity contribution in [2.75, 3.05) is 13.1 Å². The molecule has 1 aliphatic heterocycles. The number of halogens is 2. The Labute approximate surface area is 105 Å². The van der Waals surface area contributed by atoms with Crippen LogP contribution in [-0.4, -0.2) is 25.0 Å². The first-order chi connectivity index (χ1) is 8.56. The number of carbonyl (C=O) groups is 1. The van der Waals surface area contributed by atoms with Crippen molar-refractivity contribution in [3.8, 4) is 0 Å². The van der Waals surface area contributed by atoms with Gasteiger partial charge in [0, 0.05) is 17.7 Å². The molecule has 2 rings (SSSR count). The zero-order valence-electron chi connectivity index (χ0n) is 10.2. The summed E-state index contributed by atoms with van der Waals surface area (Å²) in [5.74, 6) is -1.55. The Morgan fingerprint density at radius 3 is 2.61 bits per heavy atom. The molecule has 0 aliphatic carbocycles. The van der Waals surface area contributed by atoms with E-state index >= 15 is 0 Å². The summed E-state index contributed by atoms with van der Waals surface area (Å²) in [6, 6.07) is 2.82. The lowest BCUT2D eigenvalue weighted by Gasteiger charge is -2.19. The largest absolute Gasteiger partial charge is 0.349 e. The third-order valence-corrected chi connectivity index (χ3v) is 3.29. The smallest absolute Gasteiger partial charge is 0.251 e. The monoisotopic (exact) mass is 254 g/mol. The van der Waals surface area contributed by atoms with Crippen LogP contribution in [0.15, 0.2) is 18.2 Å². The molecule has 0 saturated carbocycles. The van der Waals surface area contributed by atoms with Gasteiger partial charge in [0.25, 0.3) is 5.91 Å². The van der Waals surface area contributed by atoms with Gasteiger partial charge in [-0.05, 0) is 44.5 Å². The maximum absolute atomic E-state index is 13.0. The first kappa shape index (κ1) is 13.0. The summed E-state index contributed by atoms with van der Waals surface area (Å²) in [4.78, 5) is 11.9. The summed E-state index contributed by atoms with van der Waals surface area (Å²) in [5, 5.41) is 5.99. The Hall–Kier alpha value is -1.49. The molecule has 1 amide bonds. The van der Waals surface area contributed by atoms with Crippen LogP contribution >= 0.6 is 0 Å². The summed E-state index contributed by atoms with van der Waals surface area (Å²) >= 11 is 0. The molecule has 5 heteroatoms. The molecule has 0 bridgehead atoms. The van der Waals surface area contributed by atoms with Gasteiger partial charge in [0.2, 0.25) is 0 Å². The van der Waals surface area contributed by atoms with E-state index in [9.17, 15) is 13.6 Å². The van der Waals surface area contributed by atoms with Crippen molar-refractivity contribution in [3.05, 3.63) is 35.4 Å². The molecule has 1 aromatic rings. The topological polar surface area (TPSA) is 41.1 Å². The van der Waals surface area contributed by atoms with Crippen molar-refractivity contribution in [3.63, 3.8) is 0 Å². The van der Waals surface area contributed by atoms with Gasteiger partial charge in [-0.25, -0.2) is 8.78 Å². The van der Waals surface area contributed by atoms with Crippen LogP contribution in [0.25, 0.3) is 0 Å².